The van der Waals surface area contributed by atoms with Crippen LogP contribution in [0, 0.1) is 0 Å². The molecule has 0 aromatic carbocycles. The zero-order valence-electron chi connectivity index (χ0n) is 12.6. The lowest BCUT2D eigenvalue weighted by Crippen LogP contribution is -2.37. The van der Waals surface area contributed by atoms with E-state index >= 15 is 0 Å². The fourth-order valence-electron chi connectivity index (χ4n) is 2.78. The minimum atomic E-state index is -0.0953. The lowest BCUT2D eigenvalue weighted by atomic mass is 10.2. The maximum absolute atomic E-state index is 12.4. The van der Waals surface area contributed by atoms with Crippen LogP contribution in [0.25, 0.3) is 6.08 Å². The van der Waals surface area contributed by atoms with Crippen LogP contribution < -0.4 is 5.32 Å². The van der Waals surface area contributed by atoms with E-state index in [1.54, 1.807) is 11.3 Å². The van der Waals surface area contributed by atoms with E-state index < -0.39 is 0 Å². The summed E-state index contributed by atoms with van der Waals surface area (Å²) in [5.41, 5.74) is 0. The van der Waals surface area contributed by atoms with Crippen molar-refractivity contribution in [3.8, 4) is 0 Å². The Morgan fingerprint density at radius 2 is 2.22 bits per heavy atom. The Kier molecular flexibility index (Phi) is 5.50. The van der Waals surface area contributed by atoms with Gasteiger partial charge in [0.05, 0.1) is 4.91 Å². The highest BCUT2D eigenvalue weighted by atomic mass is 32.2. The average Bonchev–Trinajstić information content (AvgIpc) is 3.23. The Morgan fingerprint density at radius 3 is 2.91 bits per heavy atom. The molecule has 1 saturated carbocycles. The molecule has 1 aliphatic carbocycles. The van der Waals surface area contributed by atoms with Gasteiger partial charge in [0.15, 0.2) is 0 Å². The number of amides is 2. The standard InChI is InChI=1S/C16H18N2O2S3/c19-14(17-11-4-1-2-5-11)7-8-18-15(20)13(23-16(18)21)10-12-6-3-9-22-12/h3,6,9-11H,1-2,4-5,7-8H2,(H,17,19)/b13-10-. The number of thioether (sulfide) groups is 1. The first-order valence-electron chi connectivity index (χ1n) is 7.72. The molecule has 1 N–H and O–H groups in total. The van der Waals surface area contributed by atoms with Crippen LogP contribution in [0.3, 0.4) is 0 Å². The van der Waals surface area contributed by atoms with Crippen LogP contribution in [0.15, 0.2) is 22.4 Å². The Bertz CT molecular complexity index is 634. The molecular weight excluding hydrogens is 348 g/mol. The molecule has 2 fully saturated rings. The number of carbonyl (C=O) groups is 2. The van der Waals surface area contributed by atoms with Crippen LogP contribution in [0.1, 0.15) is 37.0 Å². The smallest absolute Gasteiger partial charge is 0.266 e. The van der Waals surface area contributed by atoms with Crippen LogP contribution in [0.5, 0.6) is 0 Å². The summed E-state index contributed by atoms with van der Waals surface area (Å²) in [5, 5.41) is 5.01. The lowest BCUT2D eigenvalue weighted by Gasteiger charge is -2.16. The van der Waals surface area contributed by atoms with Crippen molar-refractivity contribution in [2.24, 2.45) is 0 Å². The number of thiophene rings is 1. The number of nitrogens with one attached hydrogen (secondary N) is 1. The molecule has 7 heteroatoms. The predicted molar refractivity (Wildman–Crippen MR) is 99.2 cm³/mol. The summed E-state index contributed by atoms with van der Waals surface area (Å²) >= 11 is 8.18. The fourth-order valence-corrected chi connectivity index (χ4v) is 4.81. The molecular formula is C16H18N2O2S3. The van der Waals surface area contributed by atoms with Crippen molar-refractivity contribution in [1.82, 2.24) is 10.2 Å². The topological polar surface area (TPSA) is 49.4 Å². The van der Waals surface area contributed by atoms with Crippen molar-refractivity contribution >= 4 is 57.5 Å². The van der Waals surface area contributed by atoms with Crippen molar-refractivity contribution in [2.75, 3.05) is 6.54 Å². The first-order valence-corrected chi connectivity index (χ1v) is 9.82. The number of nitrogens with zero attached hydrogens (tertiary/aromatic N) is 1. The van der Waals surface area contributed by atoms with Gasteiger partial charge in [0.25, 0.3) is 5.91 Å². The molecule has 23 heavy (non-hydrogen) atoms. The normalized spacial score (nSPS) is 20.7. The quantitative estimate of drug-likeness (QED) is 0.641. The average molecular weight is 367 g/mol. The molecule has 1 aromatic rings. The third-order valence-corrected chi connectivity index (χ3v) is 6.17. The minimum absolute atomic E-state index is 0.00758. The molecule has 2 amide bonds. The second-order valence-corrected chi connectivity index (χ2v) is 8.30. The largest absolute Gasteiger partial charge is 0.353 e. The summed E-state index contributed by atoms with van der Waals surface area (Å²) in [6.45, 7) is 0.352. The van der Waals surface area contributed by atoms with Gasteiger partial charge in [-0.2, -0.15) is 0 Å². The van der Waals surface area contributed by atoms with E-state index in [0.29, 0.717) is 28.2 Å². The highest BCUT2D eigenvalue weighted by Gasteiger charge is 2.32. The van der Waals surface area contributed by atoms with Gasteiger partial charge in [-0.1, -0.05) is 42.9 Å². The van der Waals surface area contributed by atoms with E-state index in [4.69, 9.17) is 12.2 Å². The van der Waals surface area contributed by atoms with E-state index in [1.165, 1.54) is 29.5 Å². The summed E-state index contributed by atoms with van der Waals surface area (Å²) in [4.78, 5) is 27.6. The van der Waals surface area contributed by atoms with E-state index in [1.807, 2.05) is 23.6 Å². The second-order valence-electron chi connectivity index (χ2n) is 5.65. The van der Waals surface area contributed by atoms with Crippen LogP contribution in [-0.4, -0.2) is 33.6 Å². The molecule has 2 aliphatic rings. The lowest BCUT2D eigenvalue weighted by molar-refractivity contribution is -0.124. The van der Waals surface area contributed by atoms with E-state index in [-0.39, 0.29) is 11.8 Å². The van der Waals surface area contributed by atoms with Crippen LogP contribution in [0.4, 0.5) is 0 Å². The third kappa shape index (κ3) is 4.22. The molecule has 4 nitrogen and oxygen atoms in total. The molecule has 0 spiro atoms. The number of thiocarbonyl (C=S) groups is 1. The zero-order chi connectivity index (χ0) is 16.2. The van der Waals surface area contributed by atoms with Gasteiger partial charge in [-0.15, -0.1) is 11.3 Å². The van der Waals surface area contributed by atoms with Crippen LogP contribution in [0.2, 0.25) is 0 Å². The number of rotatable bonds is 5. The van der Waals surface area contributed by atoms with Gasteiger partial charge >= 0.3 is 0 Å². The van der Waals surface area contributed by atoms with Crippen molar-refractivity contribution in [3.63, 3.8) is 0 Å². The van der Waals surface area contributed by atoms with E-state index in [0.717, 1.165) is 17.7 Å². The van der Waals surface area contributed by atoms with E-state index in [9.17, 15) is 9.59 Å². The van der Waals surface area contributed by atoms with Crippen LogP contribution >= 0.6 is 35.3 Å². The molecule has 3 rings (SSSR count). The third-order valence-electron chi connectivity index (χ3n) is 3.97. The highest BCUT2D eigenvalue weighted by Crippen LogP contribution is 2.33. The SMILES string of the molecule is O=C(CCN1C(=O)/C(=C/c2cccs2)SC1=S)NC1CCCC1. The Labute approximate surface area is 149 Å². The maximum Gasteiger partial charge on any atom is 0.266 e. The monoisotopic (exact) mass is 366 g/mol. The molecule has 1 saturated heterocycles. The van der Waals surface area contributed by atoms with Gasteiger partial charge in [-0.25, -0.2) is 0 Å². The van der Waals surface area contributed by atoms with Crippen LogP contribution in [-0.2, 0) is 9.59 Å². The molecule has 1 aliphatic heterocycles. The van der Waals surface area contributed by atoms with Gasteiger partial charge in [-0.3, -0.25) is 14.5 Å². The van der Waals surface area contributed by atoms with Crippen molar-refractivity contribution in [1.29, 1.82) is 0 Å². The summed E-state index contributed by atoms with van der Waals surface area (Å²) in [5.74, 6) is -0.0877. The summed E-state index contributed by atoms with van der Waals surface area (Å²) in [6, 6.07) is 4.23. The minimum Gasteiger partial charge on any atom is -0.353 e. The van der Waals surface area contributed by atoms with Crippen molar-refractivity contribution < 1.29 is 9.59 Å². The molecule has 122 valence electrons. The van der Waals surface area contributed by atoms with Crippen molar-refractivity contribution in [3.05, 3.63) is 27.3 Å². The highest BCUT2D eigenvalue weighted by molar-refractivity contribution is 8.26. The van der Waals surface area contributed by atoms with Gasteiger partial charge < -0.3 is 5.32 Å². The van der Waals surface area contributed by atoms with Gasteiger partial charge in [-0.05, 0) is 30.4 Å². The molecule has 2 heterocycles. The number of carbonyl (C=O) groups excluding carboxylic acids is 2. The Hall–Kier alpha value is -1.18. The number of hydrogen-bond donors (Lipinski definition) is 1. The molecule has 1 aromatic heterocycles. The van der Waals surface area contributed by atoms with Gasteiger partial charge in [0.1, 0.15) is 4.32 Å². The maximum atomic E-state index is 12.4. The fraction of sp³-hybridized carbons (Fsp3) is 0.438. The summed E-state index contributed by atoms with van der Waals surface area (Å²) in [6.07, 6.45) is 6.67. The summed E-state index contributed by atoms with van der Waals surface area (Å²) in [7, 11) is 0. The van der Waals surface area contributed by atoms with Crippen molar-refractivity contribution in [2.45, 2.75) is 38.1 Å². The molecule has 0 radical (unpaired) electrons. The first-order chi connectivity index (χ1) is 11.1. The Balaban J connectivity index is 1.54. The first kappa shape index (κ1) is 16.7. The van der Waals surface area contributed by atoms with Gasteiger partial charge in [0.2, 0.25) is 5.91 Å². The second kappa shape index (κ2) is 7.59. The summed E-state index contributed by atoms with van der Waals surface area (Å²) < 4.78 is 0.534. The molecule has 0 bridgehead atoms. The van der Waals surface area contributed by atoms with E-state index in [2.05, 4.69) is 5.32 Å². The predicted octanol–water partition coefficient (Wildman–Crippen LogP) is 3.40. The molecule has 0 atom stereocenters. The molecule has 0 unspecified atom stereocenters. The number of hydrogen-bond acceptors (Lipinski definition) is 5. The Morgan fingerprint density at radius 1 is 1.43 bits per heavy atom. The van der Waals surface area contributed by atoms with Gasteiger partial charge in [0, 0.05) is 23.9 Å². The zero-order valence-corrected chi connectivity index (χ0v) is 15.1.